The molecule has 0 aliphatic carbocycles. The van der Waals surface area contributed by atoms with Gasteiger partial charge >= 0.3 is 5.69 Å². The third kappa shape index (κ3) is 3.88. The molecule has 1 atom stereocenters. The summed E-state index contributed by atoms with van der Waals surface area (Å²) in [6.45, 7) is 3.56. The number of H-pyrrole nitrogens is 3. The third-order valence-corrected chi connectivity index (χ3v) is 4.36. The van der Waals surface area contributed by atoms with E-state index in [1.165, 1.54) is 13.1 Å². The molecule has 2 amide bonds. The van der Waals surface area contributed by atoms with E-state index in [2.05, 4.69) is 25.6 Å². The lowest BCUT2D eigenvalue weighted by molar-refractivity contribution is -0.128. The number of carbonyl (C=O) groups is 2. The number of hydrogen-bond donors (Lipinski definition) is 5. The van der Waals surface area contributed by atoms with E-state index in [1.807, 2.05) is 24.3 Å². The van der Waals surface area contributed by atoms with Gasteiger partial charge in [0.1, 0.15) is 6.04 Å². The van der Waals surface area contributed by atoms with Crippen molar-refractivity contribution < 1.29 is 9.59 Å². The summed E-state index contributed by atoms with van der Waals surface area (Å²) in [5.74, 6) is -0.649. The van der Waals surface area contributed by atoms with Crippen LogP contribution in [-0.2, 0) is 16.0 Å². The zero-order chi connectivity index (χ0) is 20.3. The van der Waals surface area contributed by atoms with E-state index in [0.29, 0.717) is 17.8 Å². The van der Waals surface area contributed by atoms with Gasteiger partial charge in [-0.2, -0.15) is 0 Å². The SMILES string of the molecule is CCNC(=O)C(Cc1c(-c2c[nH]c(=O)[nH]c2=O)[nH]c2ccccc12)NC(C)=O. The van der Waals surface area contributed by atoms with E-state index >= 15 is 0 Å². The van der Waals surface area contributed by atoms with E-state index in [1.54, 1.807) is 6.92 Å². The first kappa shape index (κ1) is 19.2. The van der Waals surface area contributed by atoms with Crippen LogP contribution in [0.15, 0.2) is 40.1 Å². The Labute approximate surface area is 159 Å². The Balaban J connectivity index is 2.15. The van der Waals surface area contributed by atoms with Gasteiger partial charge in [0.25, 0.3) is 5.56 Å². The summed E-state index contributed by atoms with van der Waals surface area (Å²) in [6, 6.07) is 6.60. The molecule has 0 aliphatic heterocycles. The van der Waals surface area contributed by atoms with Gasteiger partial charge in [-0.05, 0) is 18.6 Å². The molecule has 0 saturated carbocycles. The molecule has 0 spiro atoms. The number of benzene rings is 1. The highest BCUT2D eigenvalue weighted by Gasteiger charge is 2.24. The van der Waals surface area contributed by atoms with Crippen LogP contribution in [0.5, 0.6) is 0 Å². The Morgan fingerprint density at radius 1 is 1.14 bits per heavy atom. The minimum Gasteiger partial charge on any atom is -0.355 e. The molecule has 1 unspecified atom stereocenters. The number of aromatic amines is 3. The quantitative estimate of drug-likeness (QED) is 0.420. The second-order valence-electron chi connectivity index (χ2n) is 6.36. The smallest absolute Gasteiger partial charge is 0.325 e. The van der Waals surface area contributed by atoms with Crippen molar-refractivity contribution in [3.63, 3.8) is 0 Å². The van der Waals surface area contributed by atoms with Crippen LogP contribution in [0.25, 0.3) is 22.2 Å². The molecular weight excluding hydrogens is 362 g/mol. The maximum Gasteiger partial charge on any atom is 0.325 e. The van der Waals surface area contributed by atoms with Crippen molar-refractivity contribution in [2.24, 2.45) is 0 Å². The molecule has 2 heterocycles. The number of amides is 2. The van der Waals surface area contributed by atoms with Crippen molar-refractivity contribution >= 4 is 22.7 Å². The minimum atomic E-state index is -0.808. The molecule has 9 nitrogen and oxygen atoms in total. The van der Waals surface area contributed by atoms with Gasteiger partial charge < -0.3 is 20.6 Å². The molecule has 0 saturated heterocycles. The number of fused-ring (bicyclic) bond motifs is 1. The van der Waals surface area contributed by atoms with Crippen molar-refractivity contribution in [3.8, 4) is 11.3 Å². The highest BCUT2D eigenvalue weighted by atomic mass is 16.2. The van der Waals surface area contributed by atoms with Crippen LogP contribution >= 0.6 is 0 Å². The molecule has 28 heavy (non-hydrogen) atoms. The maximum atomic E-state index is 12.4. The Bertz CT molecular complexity index is 1140. The third-order valence-electron chi connectivity index (χ3n) is 4.36. The summed E-state index contributed by atoms with van der Waals surface area (Å²) in [4.78, 5) is 55.6. The molecule has 0 aliphatic rings. The summed E-state index contributed by atoms with van der Waals surface area (Å²) in [5.41, 5.74) is 1.03. The van der Waals surface area contributed by atoms with Gasteiger partial charge in [-0.1, -0.05) is 18.2 Å². The highest BCUT2D eigenvalue weighted by molar-refractivity contribution is 5.93. The number of carbonyl (C=O) groups excluding carboxylic acids is 2. The predicted molar refractivity (Wildman–Crippen MR) is 105 cm³/mol. The Hall–Kier alpha value is -3.62. The fraction of sp³-hybridized carbons (Fsp3) is 0.263. The first-order chi connectivity index (χ1) is 13.4. The normalized spacial score (nSPS) is 11.9. The Morgan fingerprint density at radius 3 is 2.57 bits per heavy atom. The molecule has 3 aromatic rings. The number of likely N-dealkylation sites (N-methyl/N-ethyl adjacent to an activating group) is 1. The molecule has 0 fully saturated rings. The van der Waals surface area contributed by atoms with Gasteiger partial charge in [-0.3, -0.25) is 19.4 Å². The molecule has 2 aromatic heterocycles. The Kier molecular flexibility index (Phi) is 5.44. The fourth-order valence-corrected chi connectivity index (χ4v) is 3.19. The number of nitrogens with one attached hydrogen (secondary N) is 5. The van der Waals surface area contributed by atoms with E-state index in [9.17, 15) is 19.2 Å². The van der Waals surface area contributed by atoms with Crippen molar-refractivity contribution in [2.45, 2.75) is 26.3 Å². The topological polar surface area (TPSA) is 140 Å². The summed E-state index contributed by atoms with van der Waals surface area (Å²) < 4.78 is 0. The van der Waals surface area contributed by atoms with Crippen LogP contribution in [0.1, 0.15) is 19.4 Å². The van der Waals surface area contributed by atoms with Crippen LogP contribution in [0.3, 0.4) is 0 Å². The van der Waals surface area contributed by atoms with Crippen LogP contribution in [0.4, 0.5) is 0 Å². The minimum absolute atomic E-state index is 0.170. The second kappa shape index (κ2) is 7.95. The van der Waals surface area contributed by atoms with Crippen molar-refractivity contribution in [1.82, 2.24) is 25.6 Å². The molecule has 146 valence electrons. The van der Waals surface area contributed by atoms with Crippen LogP contribution < -0.4 is 21.9 Å². The summed E-state index contributed by atoms with van der Waals surface area (Å²) in [5, 5.41) is 6.19. The standard InChI is InChI=1S/C19H21N5O4/c1-3-20-18(27)15(22-10(2)25)8-12-11-6-4-5-7-14(11)23-16(12)13-9-21-19(28)24-17(13)26/h4-7,9,15,23H,3,8H2,1-2H3,(H,20,27)(H,22,25)(H2,21,24,26,28). The Morgan fingerprint density at radius 2 is 1.89 bits per heavy atom. The monoisotopic (exact) mass is 383 g/mol. The largest absolute Gasteiger partial charge is 0.355 e. The van der Waals surface area contributed by atoms with E-state index < -0.39 is 17.3 Å². The van der Waals surface area contributed by atoms with Gasteiger partial charge in [-0.25, -0.2) is 4.79 Å². The van der Waals surface area contributed by atoms with Crippen molar-refractivity contribution in [2.75, 3.05) is 6.54 Å². The molecule has 9 heteroatoms. The highest BCUT2D eigenvalue weighted by Crippen LogP contribution is 2.29. The molecule has 0 bridgehead atoms. The van der Waals surface area contributed by atoms with Crippen molar-refractivity contribution in [1.29, 1.82) is 0 Å². The predicted octanol–water partition coefficient (Wildman–Crippen LogP) is 0.395. The first-order valence-electron chi connectivity index (χ1n) is 8.87. The van der Waals surface area contributed by atoms with Crippen molar-refractivity contribution in [3.05, 3.63) is 56.9 Å². The molecule has 3 rings (SSSR count). The van der Waals surface area contributed by atoms with Gasteiger partial charge in [-0.15, -0.1) is 0 Å². The number of rotatable bonds is 6. The second-order valence-corrected chi connectivity index (χ2v) is 6.36. The lowest BCUT2D eigenvalue weighted by atomic mass is 9.99. The van der Waals surface area contributed by atoms with E-state index in [0.717, 1.165) is 10.9 Å². The van der Waals surface area contributed by atoms with Crippen LogP contribution in [0.2, 0.25) is 0 Å². The number of para-hydroxylation sites is 1. The van der Waals surface area contributed by atoms with Gasteiger partial charge in [0.05, 0.1) is 11.3 Å². The number of hydrogen-bond acceptors (Lipinski definition) is 4. The average Bonchev–Trinajstić information content (AvgIpc) is 2.99. The van der Waals surface area contributed by atoms with Crippen LogP contribution in [0, 0.1) is 0 Å². The van der Waals surface area contributed by atoms with Gasteiger partial charge in [0, 0.05) is 37.0 Å². The zero-order valence-corrected chi connectivity index (χ0v) is 15.5. The van der Waals surface area contributed by atoms with E-state index in [-0.39, 0.29) is 23.8 Å². The fourth-order valence-electron chi connectivity index (χ4n) is 3.19. The lowest BCUT2D eigenvalue weighted by Crippen LogP contribution is -2.47. The summed E-state index contributed by atoms with van der Waals surface area (Å²) >= 11 is 0. The van der Waals surface area contributed by atoms with Crippen LogP contribution in [-0.4, -0.2) is 39.4 Å². The molecule has 1 aromatic carbocycles. The summed E-state index contributed by atoms with van der Waals surface area (Å²) in [6.07, 6.45) is 1.50. The molecule has 5 N–H and O–H groups in total. The summed E-state index contributed by atoms with van der Waals surface area (Å²) in [7, 11) is 0. The van der Waals surface area contributed by atoms with E-state index in [4.69, 9.17) is 0 Å². The average molecular weight is 383 g/mol. The van der Waals surface area contributed by atoms with Gasteiger partial charge in [0.2, 0.25) is 11.8 Å². The first-order valence-corrected chi connectivity index (χ1v) is 8.87. The lowest BCUT2D eigenvalue weighted by Gasteiger charge is -2.18. The van der Waals surface area contributed by atoms with Gasteiger partial charge in [0.15, 0.2) is 0 Å². The maximum absolute atomic E-state index is 12.4. The zero-order valence-electron chi connectivity index (χ0n) is 15.5. The molecule has 0 radical (unpaired) electrons. The molecular formula is C19H21N5O4. The number of aromatic nitrogens is 3.